The second-order valence-electron chi connectivity index (χ2n) is 8.32. The van der Waals surface area contributed by atoms with Crippen LogP contribution in [0, 0.1) is 5.82 Å². The number of halogens is 1. The number of anilines is 2. The summed E-state index contributed by atoms with van der Waals surface area (Å²) in [7, 11) is 1.42. The molecule has 3 rings (SSSR count). The van der Waals surface area contributed by atoms with Crippen LogP contribution in [-0.2, 0) is 9.47 Å². The van der Waals surface area contributed by atoms with Gasteiger partial charge in [0.1, 0.15) is 17.5 Å². The fourth-order valence-corrected chi connectivity index (χ4v) is 3.92. The van der Waals surface area contributed by atoms with Gasteiger partial charge in [-0.05, 0) is 39.0 Å². The number of ether oxygens (including phenoxy) is 2. The number of thiazole rings is 1. The Hall–Kier alpha value is -3.49. The molecule has 1 aromatic heterocycles. The minimum atomic E-state index is -0.835. The number of nitrogens with two attached hydrogens (primary N) is 2. The van der Waals surface area contributed by atoms with E-state index in [0.717, 1.165) is 21.4 Å². The van der Waals surface area contributed by atoms with Gasteiger partial charge in [-0.15, -0.1) is 5.10 Å². The lowest BCUT2D eigenvalue weighted by molar-refractivity contribution is 0.0603. The number of amides is 2. The third kappa shape index (κ3) is 5.70. The van der Waals surface area contributed by atoms with Crippen LogP contribution in [0.2, 0.25) is 0 Å². The summed E-state index contributed by atoms with van der Waals surface area (Å²) in [6.07, 6.45) is -0.795. The molecule has 5 N–H and O–H groups in total. The van der Waals surface area contributed by atoms with Crippen molar-refractivity contribution in [3.05, 3.63) is 30.2 Å². The van der Waals surface area contributed by atoms with E-state index >= 15 is 0 Å². The Kier molecular flexibility index (Phi) is 7.24. The van der Waals surface area contributed by atoms with Crippen LogP contribution in [0.3, 0.4) is 0 Å². The highest BCUT2D eigenvalue weighted by atomic mass is 32.1. The maximum absolute atomic E-state index is 15.0. The van der Waals surface area contributed by atoms with Crippen LogP contribution in [0.4, 0.5) is 24.8 Å². The van der Waals surface area contributed by atoms with Crippen molar-refractivity contribution < 1.29 is 28.6 Å². The fraction of sp³-hybridized carbons (Fsp3) is 0.400. The summed E-state index contributed by atoms with van der Waals surface area (Å²) < 4.78 is 25.4. The minimum absolute atomic E-state index is 0.0877. The van der Waals surface area contributed by atoms with E-state index in [0.29, 0.717) is 4.88 Å². The van der Waals surface area contributed by atoms with Crippen molar-refractivity contribution in [3.63, 3.8) is 0 Å². The lowest BCUT2D eigenvalue weighted by Gasteiger charge is -2.25. The van der Waals surface area contributed by atoms with Gasteiger partial charge >= 0.3 is 12.2 Å². The van der Waals surface area contributed by atoms with Gasteiger partial charge in [-0.3, -0.25) is 4.90 Å². The number of hydrogen-bond acceptors (Lipinski definition) is 10. The Bertz CT molecular complexity index is 1100. The molecule has 2 aromatic rings. The molecule has 1 fully saturated rings. The number of carbonyl (C=O) groups is 2. The third-order valence-corrected chi connectivity index (χ3v) is 5.37. The van der Waals surface area contributed by atoms with Gasteiger partial charge in [-0.2, -0.15) is 4.90 Å². The summed E-state index contributed by atoms with van der Waals surface area (Å²) in [5, 5.41) is 14.0. The third-order valence-electron chi connectivity index (χ3n) is 4.36. The first-order valence-electron chi connectivity index (χ1n) is 10.1. The number of aliphatic hydroxyl groups is 1. The van der Waals surface area contributed by atoms with Crippen LogP contribution in [0.5, 0.6) is 0 Å². The summed E-state index contributed by atoms with van der Waals surface area (Å²) in [4.78, 5) is 31.5. The first-order chi connectivity index (χ1) is 15.9. The largest absolute Gasteiger partial charge is 0.443 e. The van der Waals surface area contributed by atoms with Gasteiger partial charge in [0.05, 0.1) is 23.7 Å². The molecule has 2 heterocycles. The van der Waals surface area contributed by atoms with E-state index in [2.05, 4.69) is 10.1 Å². The van der Waals surface area contributed by atoms with Crippen LogP contribution in [0.1, 0.15) is 20.8 Å². The Morgan fingerprint density at radius 2 is 2.18 bits per heavy atom. The second kappa shape index (κ2) is 9.79. The predicted octanol–water partition coefficient (Wildman–Crippen LogP) is 2.04. The van der Waals surface area contributed by atoms with E-state index in [4.69, 9.17) is 21.1 Å². The molecule has 0 bridgehead atoms. The maximum Gasteiger partial charge on any atom is 0.423 e. The number of cyclic esters (lactones) is 1. The number of rotatable bonds is 5. The van der Waals surface area contributed by atoms with Gasteiger partial charge in [-0.25, -0.2) is 29.9 Å². The maximum atomic E-state index is 15.0. The number of nitrogens with zero attached hydrogens (tertiary/aromatic N) is 5. The highest BCUT2D eigenvalue weighted by Crippen LogP contribution is 2.35. The molecular weight excluding hydrogens is 469 g/mol. The number of guanidine groups is 1. The number of hydrazine groups is 1. The quantitative estimate of drug-likeness (QED) is 0.244. The molecule has 184 valence electrons. The van der Waals surface area contributed by atoms with Gasteiger partial charge in [0.15, 0.2) is 0 Å². The molecule has 1 saturated heterocycles. The summed E-state index contributed by atoms with van der Waals surface area (Å²) in [5.74, 6) is 4.60. The normalized spacial score (nSPS) is 16.4. The molecule has 0 spiro atoms. The van der Waals surface area contributed by atoms with Crippen molar-refractivity contribution >= 4 is 40.3 Å². The van der Waals surface area contributed by atoms with Crippen molar-refractivity contribution in [2.75, 3.05) is 30.0 Å². The van der Waals surface area contributed by atoms with Crippen LogP contribution in [0.25, 0.3) is 10.4 Å². The number of aromatic nitrogens is 1. The van der Waals surface area contributed by atoms with Crippen LogP contribution in [-0.4, -0.2) is 65.3 Å². The minimum Gasteiger partial charge on any atom is -0.443 e. The number of aliphatic hydroxyl groups excluding tert-OH is 1. The molecule has 1 aliphatic rings. The van der Waals surface area contributed by atoms with Crippen molar-refractivity contribution in [1.82, 2.24) is 10.1 Å². The van der Waals surface area contributed by atoms with Gasteiger partial charge in [0, 0.05) is 18.8 Å². The zero-order valence-corrected chi connectivity index (χ0v) is 19.9. The molecule has 0 radical (unpaired) electrons. The molecule has 0 aliphatic carbocycles. The highest BCUT2D eigenvalue weighted by Gasteiger charge is 2.33. The number of carbonyl (C=O) groups excluding carboxylic acids is 2. The van der Waals surface area contributed by atoms with E-state index in [-0.39, 0.29) is 35.5 Å². The molecule has 2 amide bonds. The average Bonchev–Trinajstić information content (AvgIpc) is 3.32. The predicted molar refractivity (Wildman–Crippen MR) is 124 cm³/mol. The summed E-state index contributed by atoms with van der Waals surface area (Å²) in [5.41, 5.74) is 5.60. The zero-order chi connectivity index (χ0) is 25.2. The van der Waals surface area contributed by atoms with Crippen molar-refractivity contribution in [2.24, 2.45) is 16.7 Å². The van der Waals surface area contributed by atoms with Crippen molar-refractivity contribution in [2.45, 2.75) is 32.5 Å². The van der Waals surface area contributed by atoms with Crippen molar-refractivity contribution in [3.8, 4) is 10.4 Å². The molecule has 1 aromatic carbocycles. The molecule has 14 heteroatoms. The zero-order valence-electron chi connectivity index (χ0n) is 19.1. The van der Waals surface area contributed by atoms with Crippen molar-refractivity contribution in [1.29, 1.82) is 0 Å². The SMILES string of the molecule is CN(N)/N=C(\N)N(C(=O)OC(C)(C)C)c1ncc(-c2ccc(N3C[C@H](CO)OC3=O)cc2F)s1. The molecule has 0 saturated carbocycles. The van der Waals surface area contributed by atoms with Gasteiger partial charge < -0.3 is 20.3 Å². The molecular formula is C20H26FN7O5S. The van der Waals surface area contributed by atoms with Gasteiger partial charge in [-0.1, -0.05) is 11.3 Å². The molecule has 0 unspecified atom stereocenters. The standard InChI is InChI=1S/C20H26FN7O5S/c1-20(2,3)33-19(31)28(16(22)25-26(4)23)17-24-8-15(34-17)13-6-5-11(7-14(13)21)27-9-12(10-29)32-18(27)30/h5-8,12,29H,9-10,23H2,1-4H3,(H2,22,25)/t12-/m1/s1. The Morgan fingerprint density at radius 1 is 1.47 bits per heavy atom. The summed E-state index contributed by atoms with van der Waals surface area (Å²) >= 11 is 0.976. The average molecular weight is 496 g/mol. The number of benzene rings is 1. The summed E-state index contributed by atoms with van der Waals surface area (Å²) in [6, 6.07) is 4.20. The van der Waals surface area contributed by atoms with E-state index in [1.807, 2.05) is 0 Å². The van der Waals surface area contributed by atoms with Gasteiger partial charge in [0.2, 0.25) is 11.1 Å². The lowest BCUT2D eigenvalue weighted by atomic mass is 10.1. The first kappa shape index (κ1) is 25.1. The van der Waals surface area contributed by atoms with E-state index in [1.165, 1.54) is 30.3 Å². The Morgan fingerprint density at radius 3 is 2.74 bits per heavy atom. The Labute approximate surface area is 199 Å². The molecule has 12 nitrogen and oxygen atoms in total. The fourth-order valence-electron chi connectivity index (χ4n) is 2.98. The summed E-state index contributed by atoms with van der Waals surface area (Å²) in [6.45, 7) is 4.85. The Balaban J connectivity index is 1.91. The van der Waals surface area contributed by atoms with Crippen LogP contribution in [0.15, 0.2) is 29.5 Å². The highest BCUT2D eigenvalue weighted by molar-refractivity contribution is 7.19. The van der Waals surface area contributed by atoms with E-state index in [9.17, 15) is 19.1 Å². The first-order valence-corrected chi connectivity index (χ1v) is 10.9. The van der Waals surface area contributed by atoms with Crippen LogP contribution >= 0.6 is 11.3 Å². The monoisotopic (exact) mass is 495 g/mol. The molecule has 1 aliphatic heterocycles. The topological polar surface area (TPSA) is 160 Å². The molecule has 34 heavy (non-hydrogen) atoms. The van der Waals surface area contributed by atoms with E-state index < -0.39 is 29.7 Å². The number of hydrazone groups is 1. The van der Waals surface area contributed by atoms with Crippen LogP contribution < -0.4 is 21.4 Å². The lowest BCUT2D eigenvalue weighted by Crippen LogP contribution is -2.46. The van der Waals surface area contributed by atoms with E-state index in [1.54, 1.807) is 26.8 Å². The smallest absolute Gasteiger partial charge is 0.423 e. The molecule has 1 atom stereocenters. The second-order valence-corrected chi connectivity index (χ2v) is 9.33. The number of hydrogen-bond donors (Lipinski definition) is 3. The van der Waals surface area contributed by atoms with Gasteiger partial charge in [0.25, 0.3) is 0 Å².